The molecule has 6 nitrogen and oxygen atoms in total. The first-order valence-corrected chi connectivity index (χ1v) is 8.39. The third kappa shape index (κ3) is 4.27. The van der Waals surface area contributed by atoms with Gasteiger partial charge in [0.25, 0.3) is 5.91 Å². The summed E-state index contributed by atoms with van der Waals surface area (Å²) in [6.45, 7) is 3.32. The average molecular weight is 352 g/mol. The van der Waals surface area contributed by atoms with Crippen LogP contribution in [0.4, 0.5) is 5.69 Å². The number of nitrogens with one attached hydrogen (secondary N) is 1. The molecule has 1 N–H and O–H groups in total. The minimum absolute atomic E-state index is 0.173. The molecule has 0 saturated carbocycles. The number of aromatic nitrogens is 1. The van der Waals surface area contributed by atoms with Gasteiger partial charge >= 0.3 is 5.97 Å². The highest BCUT2D eigenvalue weighted by Crippen LogP contribution is 2.19. The van der Waals surface area contributed by atoms with Gasteiger partial charge in [0.05, 0.1) is 5.69 Å². The predicted octanol–water partition coefficient (Wildman–Crippen LogP) is 3.56. The number of rotatable bonds is 6. The van der Waals surface area contributed by atoms with E-state index in [2.05, 4.69) is 10.5 Å². The number of benzene rings is 2. The van der Waals surface area contributed by atoms with E-state index in [4.69, 9.17) is 9.26 Å². The molecule has 3 aromatic rings. The summed E-state index contributed by atoms with van der Waals surface area (Å²) in [5, 5.41) is 8.70. The Hall–Kier alpha value is -3.15. The molecule has 1 aromatic heterocycles. The zero-order valence-electron chi connectivity index (χ0n) is 14.7. The van der Waals surface area contributed by atoms with Crippen LogP contribution in [-0.2, 0) is 20.7 Å². The highest BCUT2D eigenvalue weighted by atomic mass is 16.5. The van der Waals surface area contributed by atoms with Crippen LogP contribution in [0.15, 0.2) is 47.0 Å². The van der Waals surface area contributed by atoms with Crippen molar-refractivity contribution in [2.45, 2.75) is 26.7 Å². The number of carbonyl (C=O) groups excluding carboxylic acids is 2. The summed E-state index contributed by atoms with van der Waals surface area (Å²) in [6.07, 6.45) is 0.651. The second-order valence-corrected chi connectivity index (χ2v) is 6.07. The van der Waals surface area contributed by atoms with Crippen molar-refractivity contribution in [2.24, 2.45) is 0 Å². The van der Waals surface area contributed by atoms with Gasteiger partial charge in [0.2, 0.25) is 0 Å². The van der Waals surface area contributed by atoms with Crippen LogP contribution < -0.4 is 5.32 Å². The lowest BCUT2D eigenvalue weighted by Crippen LogP contribution is -2.21. The highest BCUT2D eigenvalue weighted by Gasteiger charge is 2.13. The van der Waals surface area contributed by atoms with E-state index in [1.807, 2.05) is 49.4 Å². The minimum Gasteiger partial charge on any atom is -0.456 e. The Morgan fingerprint density at radius 1 is 1.12 bits per heavy atom. The third-order valence-electron chi connectivity index (χ3n) is 4.16. The Labute approximate surface area is 151 Å². The maximum absolute atomic E-state index is 12.0. The van der Waals surface area contributed by atoms with E-state index in [1.165, 1.54) is 0 Å². The molecule has 0 spiro atoms. The van der Waals surface area contributed by atoms with Crippen LogP contribution in [0.1, 0.15) is 23.4 Å². The SMILES string of the molecule is Cc1noc(C)c1CCC(=O)OCC(=O)Nc1ccc2ccccc2c1. The van der Waals surface area contributed by atoms with Crippen LogP contribution in [0.2, 0.25) is 0 Å². The first kappa shape index (κ1) is 17.7. The van der Waals surface area contributed by atoms with Gasteiger partial charge in [0, 0.05) is 17.7 Å². The van der Waals surface area contributed by atoms with Gasteiger partial charge in [-0.3, -0.25) is 9.59 Å². The zero-order valence-corrected chi connectivity index (χ0v) is 14.7. The molecule has 3 rings (SSSR count). The first-order chi connectivity index (χ1) is 12.5. The molecular weight excluding hydrogens is 332 g/mol. The monoisotopic (exact) mass is 352 g/mol. The van der Waals surface area contributed by atoms with Crippen molar-refractivity contribution in [1.29, 1.82) is 0 Å². The van der Waals surface area contributed by atoms with Crippen molar-refractivity contribution in [3.8, 4) is 0 Å². The fraction of sp³-hybridized carbons (Fsp3) is 0.250. The van der Waals surface area contributed by atoms with Crippen LogP contribution in [0.3, 0.4) is 0 Å². The van der Waals surface area contributed by atoms with E-state index in [0.29, 0.717) is 17.9 Å². The topological polar surface area (TPSA) is 81.4 Å². The van der Waals surface area contributed by atoms with E-state index in [9.17, 15) is 9.59 Å². The molecular formula is C20H20N2O4. The number of ether oxygens (including phenoxy) is 1. The van der Waals surface area contributed by atoms with Crippen molar-refractivity contribution in [1.82, 2.24) is 5.16 Å². The molecule has 6 heteroatoms. The number of hydrogen-bond donors (Lipinski definition) is 1. The molecule has 0 aliphatic rings. The number of fused-ring (bicyclic) bond motifs is 1. The van der Waals surface area contributed by atoms with E-state index >= 15 is 0 Å². The van der Waals surface area contributed by atoms with Gasteiger partial charge in [-0.2, -0.15) is 0 Å². The Balaban J connectivity index is 1.47. The van der Waals surface area contributed by atoms with Crippen molar-refractivity contribution in [2.75, 3.05) is 11.9 Å². The highest BCUT2D eigenvalue weighted by molar-refractivity contribution is 5.95. The summed E-state index contributed by atoms with van der Waals surface area (Å²) >= 11 is 0. The van der Waals surface area contributed by atoms with Gasteiger partial charge in [-0.05, 0) is 43.2 Å². The maximum atomic E-state index is 12.0. The van der Waals surface area contributed by atoms with Crippen LogP contribution in [0.25, 0.3) is 10.8 Å². The molecule has 0 aliphatic heterocycles. The number of carbonyl (C=O) groups is 2. The molecule has 26 heavy (non-hydrogen) atoms. The number of amides is 1. The number of anilines is 1. The van der Waals surface area contributed by atoms with Gasteiger partial charge in [-0.15, -0.1) is 0 Å². The maximum Gasteiger partial charge on any atom is 0.306 e. The summed E-state index contributed by atoms with van der Waals surface area (Å²) in [5.74, 6) is -0.103. The molecule has 0 unspecified atom stereocenters. The van der Waals surface area contributed by atoms with Crippen molar-refractivity contribution >= 4 is 28.3 Å². The lowest BCUT2D eigenvalue weighted by molar-refractivity contribution is -0.147. The van der Waals surface area contributed by atoms with Gasteiger partial charge < -0.3 is 14.6 Å². The summed E-state index contributed by atoms with van der Waals surface area (Å²) < 4.78 is 10.1. The Bertz CT molecular complexity index is 926. The third-order valence-corrected chi connectivity index (χ3v) is 4.16. The largest absolute Gasteiger partial charge is 0.456 e. The van der Waals surface area contributed by atoms with E-state index in [0.717, 1.165) is 22.0 Å². The predicted molar refractivity (Wildman–Crippen MR) is 97.8 cm³/mol. The minimum atomic E-state index is -0.432. The smallest absolute Gasteiger partial charge is 0.306 e. The molecule has 2 aromatic carbocycles. The van der Waals surface area contributed by atoms with E-state index in [-0.39, 0.29) is 18.9 Å². The molecule has 1 amide bonds. The second-order valence-electron chi connectivity index (χ2n) is 6.07. The normalized spacial score (nSPS) is 10.7. The molecule has 0 atom stereocenters. The second kappa shape index (κ2) is 7.82. The molecule has 134 valence electrons. The van der Waals surface area contributed by atoms with Crippen LogP contribution >= 0.6 is 0 Å². The lowest BCUT2D eigenvalue weighted by Gasteiger charge is -2.08. The number of esters is 1. The van der Waals surface area contributed by atoms with Crippen molar-refractivity contribution in [3.63, 3.8) is 0 Å². The van der Waals surface area contributed by atoms with Gasteiger partial charge in [-0.1, -0.05) is 35.5 Å². The molecule has 0 fully saturated rings. The van der Waals surface area contributed by atoms with Crippen LogP contribution in [0, 0.1) is 13.8 Å². The number of nitrogens with zero attached hydrogens (tertiary/aromatic N) is 1. The Kier molecular flexibility index (Phi) is 5.31. The van der Waals surface area contributed by atoms with Gasteiger partial charge in [0.15, 0.2) is 6.61 Å². The number of hydrogen-bond acceptors (Lipinski definition) is 5. The van der Waals surface area contributed by atoms with Crippen molar-refractivity contribution in [3.05, 3.63) is 59.5 Å². The van der Waals surface area contributed by atoms with Gasteiger partial charge in [0.1, 0.15) is 5.76 Å². The van der Waals surface area contributed by atoms with Crippen LogP contribution in [-0.4, -0.2) is 23.6 Å². The zero-order chi connectivity index (χ0) is 18.5. The number of aryl methyl sites for hydroxylation is 2. The van der Waals surface area contributed by atoms with E-state index in [1.54, 1.807) is 6.92 Å². The average Bonchev–Trinajstić information content (AvgIpc) is 2.96. The Morgan fingerprint density at radius 3 is 2.62 bits per heavy atom. The molecule has 1 heterocycles. The lowest BCUT2D eigenvalue weighted by atomic mass is 10.1. The quantitative estimate of drug-likeness (QED) is 0.686. The molecule has 0 radical (unpaired) electrons. The Morgan fingerprint density at radius 2 is 1.88 bits per heavy atom. The van der Waals surface area contributed by atoms with Crippen molar-refractivity contribution < 1.29 is 18.8 Å². The summed E-state index contributed by atoms with van der Waals surface area (Å²) in [4.78, 5) is 23.8. The van der Waals surface area contributed by atoms with Crippen LogP contribution in [0.5, 0.6) is 0 Å². The van der Waals surface area contributed by atoms with E-state index < -0.39 is 5.97 Å². The fourth-order valence-corrected chi connectivity index (χ4v) is 2.77. The fourth-order valence-electron chi connectivity index (χ4n) is 2.77. The molecule has 0 bridgehead atoms. The first-order valence-electron chi connectivity index (χ1n) is 8.39. The summed E-state index contributed by atoms with van der Waals surface area (Å²) in [6, 6.07) is 13.5. The summed E-state index contributed by atoms with van der Waals surface area (Å²) in [7, 11) is 0. The molecule has 0 saturated heterocycles. The van der Waals surface area contributed by atoms with Gasteiger partial charge in [-0.25, -0.2) is 0 Å². The standard InChI is InChI=1S/C20H20N2O4/c1-13-18(14(2)26-22-13)9-10-20(24)25-12-19(23)21-17-8-7-15-5-3-4-6-16(15)11-17/h3-8,11H,9-10,12H2,1-2H3,(H,21,23). The molecule has 0 aliphatic carbocycles. The summed E-state index contributed by atoms with van der Waals surface area (Å²) in [5.41, 5.74) is 2.34.